The Morgan fingerprint density at radius 1 is 1.16 bits per heavy atom. The highest BCUT2D eigenvalue weighted by Gasteiger charge is 2.13. The lowest BCUT2D eigenvalue weighted by Gasteiger charge is -2.09. The molecule has 0 saturated carbocycles. The number of amides is 1. The molecule has 0 saturated heterocycles. The molecule has 0 fully saturated rings. The SMILES string of the molecule is Cc1nc2ccccc2c2nc(N)c(C(N)=O)cc12. The standard InChI is InChI=1S/C14H12N4O/c1-7-9-6-10(14(16)19)13(15)18-12(9)8-4-2-3-5-11(8)17-7/h2-6H,1H3,(H2,15,18)(H2,16,19). The van der Waals surface area contributed by atoms with Crippen LogP contribution in [0.5, 0.6) is 0 Å². The van der Waals surface area contributed by atoms with Gasteiger partial charge in [-0.25, -0.2) is 4.98 Å². The molecule has 2 heterocycles. The van der Waals surface area contributed by atoms with Crippen LogP contribution in [-0.4, -0.2) is 15.9 Å². The van der Waals surface area contributed by atoms with Crippen LogP contribution in [0, 0.1) is 6.92 Å². The van der Waals surface area contributed by atoms with Crippen LogP contribution in [0.3, 0.4) is 0 Å². The molecule has 0 aliphatic heterocycles. The third-order valence-electron chi connectivity index (χ3n) is 3.15. The van der Waals surface area contributed by atoms with E-state index in [2.05, 4.69) is 9.97 Å². The van der Waals surface area contributed by atoms with Gasteiger partial charge in [0.2, 0.25) is 0 Å². The molecule has 0 aliphatic rings. The largest absolute Gasteiger partial charge is 0.383 e. The Morgan fingerprint density at radius 3 is 2.63 bits per heavy atom. The maximum absolute atomic E-state index is 11.3. The van der Waals surface area contributed by atoms with Gasteiger partial charge < -0.3 is 11.5 Å². The van der Waals surface area contributed by atoms with Crippen LogP contribution in [0.25, 0.3) is 21.8 Å². The van der Waals surface area contributed by atoms with Gasteiger partial charge in [0.25, 0.3) is 5.91 Å². The van der Waals surface area contributed by atoms with Gasteiger partial charge >= 0.3 is 0 Å². The van der Waals surface area contributed by atoms with E-state index in [-0.39, 0.29) is 11.4 Å². The molecule has 4 N–H and O–H groups in total. The summed E-state index contributed by atoms with van der Waals surface area (Å²) in [6, 6.07) is 9.34. The first kappa shape index (κ1) is 11.4. The summed E-state index contributed by atoms with van der Waals surface area (Å²) < 4.78 is 0. The number of nitrogens with two attached hydrogens (primary N) is 2. The van der Waals surface area contributed by atoms with Crippen LogP contribution in [0.4, 0.5) is 5.82 Å². The maximum Gasteiger partial charge on any atom is 0.252 e. The van der Waals surface area contributed by atoms with Gasteiger partial charge in [-0.2, -0.15) is 0 Å². The predicted molar refractivity (Wildman–Crippen MR) is 74.7 cm³/mol. The Bertz CT molecular complexity index is 826. The van der Waals surface area contributed by atoms with Gasteiger partial charge in [-0.15, -0.1) is 0 Å². The summed E-state index contributed by atoms with van der Waals surface area (Å²) in [5.74, 6) is -0.435. The van der Waals surface area contributed by atoms with Crippen molar-refractivity contribution in [2.24, 2.45) is 5.73 Å². The Hall–Kier alpha value is -2.69. The molecule has 2 aromatic heterocycles. The van der Waals surface area contributed by atoms with E-state index in [0.29, 0.717) is 0 Å². The minimum atomic E-state index is -0.584. The van der Waals surface area contributed by atoms with Crippen molar-refractivity contribution in [1.82, 2.24) is 9.97 Å². The lowest BCUT2D eigenvalue weighted by Crippen LogP contribution is -2.14. The quantitative estimate of drug-likeness (QED) is 0.645. The van der Waals surface area contributed by atoms with Gasteiger partial charge in [0, 0.05) is 16.5 Å². The number of nitrogens with zero attached hydrogens (tertiary/aromatic N) is 2. The number of benzene rings is 1. The van der Waals surface area contributed by atoms with E-state index in [0.717, 1.165) is 27.5 Å². The molecule has 0 atom stereocenters. The van der Waals surface area contributed by atoms with Gasteiger partial charge in [-0.3, -0.25) is 9.78 Å². The molecule has 5 heteroatoms. The van der Waals surface area contributed by atoms with Crippen molar-refractivity contribution in [1.29, 1.82) is 0 Å². The number of fused-ring (bicyclic) bond motifs is 3. The molecule has 0 unspecified atom stereocenters. The fraction of sp³-hybridized carbons (Fsp3) is 0.0714. The monoisotopic (exact) mass is 252 g/mol. The number of aryl methyl sites for hydroxylation is 1. The topological polar surface area (TPSA) is 94.9 Å². The van der Waals surface area contributed by atoms with Crippen molar-refractivity contribution in [3.05, 3.63) is 41.6 Å². The number of aromatic nitrogens is 2. The number of hydrogen-bond acceptors (Lipinski definition) is 4. The second-order valence-electron chi connectivity index (χ2n) is 4.40. The highest BCUT2D eigenvalue weighted by molar-refractivity contribution is 6.08. The lowest BCUT2D eigenvalue weighted by atomic mass is 10.1. The first-order chi connectivity index (χ1) is 9.08. The van der Waals surface area contributed by atoms with Crippen molar-refractivity contribution in [3.63, 3.8) is 0 Å². The van der Waals surface area contributed by atoms with Crippen molar-refractivity contribution < 1.29 is 4.79 Å². The molecule has 94 valence electrons. The van der Waals surface area contributed by atoms with Gasteiger partial charge in [0.05, 0.1) is 16.6 Å². The van der Waals surface area contributed by atoms with Gasteiger partial charge in [-0.1, -0.05) is 18.2 Å². The Labute approximate surface area is 109 Å². The van der Waals surface area contributed by atoms with Crippen molar-refractivity contribution in [2.75, 3.05) is 5.73 Å². The summed E-state index contributed by atoms with van der Waals surface area (Å²) in [4.78, 5) is 20.1. The molecule has 3 rings (SSSR count). The first-order valence-electron chi connectivity index (χ1n) is 5.83. The molecule has 5 nitrogen and oxygen atoms in total. The minimum absolute atomic E-state index is 0.149. The summed E-state index contributed by atoms with van der Waals surface area (Å²) in [5, 5.41) is 1.70. The van der Waals surface area contributed by atoms with E-state index in [9.17, 15) is 4.79 Å². The summed E-state index contributed by atoms with van der Waals surface area (Å²) in [6.07, 6.45) is 0. The molecule has 0 radical (unpaired) electrons. The fourth-order valence-corrected chi connectivity index (χ4v) is 2.22. The number of para-hydroxylation sites is 1. The summed E-state index contributed by atoms with van der Waals surface area (Å²) in [7, 11) is 0. The molecular weight excluding hydrogens is 240 g/mol. The zero-order valence-electron chi connectivity index (χ0n) is 10.3. The number of primary amides is 1. The number of carbonyl (C=O) groups is 1. The van der Waals surface area contributed by atoms with Crippen LogP contribution in [0.2, 0.25) is 0 Å². The highest BCUT2D eigenvalue weighted by Crippen LogP contribution is 2.27. The third-order valence-corrected chi connectivity index (χ3v) is 3.15. The normalized spacial score (nSPS) is 11.0. The van der Waals surface area contributed by atoms with E-state index in [1.54, 1.807) is 6.07 Å². The number of nitrogen functional groups attached to an aromatic ring is 1. The van der Waals surface area contributed by atoms with E-state index in [1.807, 2.05) is 31.2 Å². The predicted octanol–water partition coefficient (Wildman–Crippen LogP) is 1.77. The van der Waals surface area contributed by atoms with Crippen LogP contribution >= 0.6 is 0 Å². The van der Waals surface area contributed by atoms with Crippen molar-refractivity contribution >= 4 is 33.5 Å². The Morgan fingerprint density at radius 2 is 1.89 bits per heavy atom. The second kappa shape index (κ2) is 3.91. The van der Waals surface area contributed by atoms with Gasteiger partial charge in [-0.05, 0) is 19.1 Å². The zero-order chi connectivity index (χ0) is 13.6. The molecule has 1 aromatic carbocycles. The molecule has 3 aromatic rings. The van der Waals surface area contributed by atoms with E-state index in [1.165, 1.54) is 0 Å². The lowest BCUT2D eigenvalue weighted by molar-refractivity contribution is 0.100. The zero-order valence-corrected chi connectivity index (χ0v) is 10.3. The summed E-state index contributed by atoms with van der Waals surface area (Å²) >= 11 is 0. The molecule has 19 heavy (non-hydrogen) atoms. The molecule has 0 bridgehead atoms. The average molecular weight is 252 g/mol. The van der Waals surface area contributed by atoms with Crippen molar-refractivity contribution in [2.45, 2.75) is 6.92 Å². The van der Waals surface area contributed by atoms with Crippen LogP contribution in [-0.2, 0) is 0 Å². The Balaban J connectivity index is 2.52. The Kier molecular flexibility index (Phi) is 2.35. The van der Waals surface area contributed by atoms with E-state index in [4.69, 9.17) is 11.5 Å². The molecular formula is C14H12N4O. The maximum atomic E-state index is 11.3. The van der Waals surface area contributed by atoms with E-state index < -0.39 is 5.91 Å². The third kappa shape index (κ3) is 1.67. The summed E-state index contributed by atoms with van der Waals surface area (Å²) in [5.41, 5.74) is 13.7. The molecule has 0 aliphatic carbocycles. The first-order valence-corrected chi connectivity index (χ1v) is 5.83. The number of rotatable bonds is 1. The highest BCUT2D eigenvalue weighted by atomic mass is 16.1. The number of carbonyl (C=O) groups excluding carboxylic acids is 1. The van der Waals surface area contributed by atoms with Crippen molar-refractivity contribution in [3.8, 4) is 0 Å². The van der Waals surface area contributed by atoms with Gasteiger partial charge in [0.15, 0.2) is 0 Å². The van der Waals surface area contributed by atoms with Crippen LogP contribution in [0.15, 0.2) is 30.3 Å². The molecule has 0 spiro atoms. The smallest absolute Gasteiger partial charge is 0.252 e. The number of pyridine rings is 2. The average Bonchev–Trinajstić information content (AvgIpc) is 2.38. The van der Waals surface area contributed by atoms with E-state index >= 15 is 0 Å². The molecule has 1 amide bonds. The summed E-state index contributed by atoms with van der Waals surface area (Å²) in [6.45, 7) is 1.87. The van der Waals surface area contributed by atoms with Crippen LogP contribution < -0.4 is 11.5 Å². The van der Waals surface area contributed by atoms with Gasteiger partial charge in [0.1, 0.15) is 5.82 Å². The van der Waals surface area contributed by atoms with Crippen LogP contribution in [0.1, 0.15) is 16.1 Å². The number of anilines is 1. The number of hydrogen-bond donors (Lipinski definition) is 2. The fourth-order valence-electron chi connectivity index (χ4n) is 2.22. The minimum Gasteiger partial charge on any atom is -0.383 e. The second-order valence-corrected chi connectivity index (χ2v) is 4.40.